The zero-order valence-corrected chi connectivity index (χ0v) is 15.7. The maximum Gasteiger partial charge on any atom is 0.309 e. The van der Waals surface area contributed by atoms with Crippen molar-refractivity contribution in [1.29, 1.82) is 0 Å². The standard InChI is InChI=1S/C20H22ClNO5/c21-15-1-2-17-13(10-15)9-14(11-27-17)19(23)22-6-3-12(4-7-22)18-16(20(24)25)5-8-26-18/h1-2,9-10,12,16,18H,3-8,11H2,(H,24,25)/t16?,18-/m0/s1. The maximum absolute atomic E-state index is 12.9. The van der Waals surface area contributed by atoms with Gasteiger partial charge in [-0.25, -0.2) is 0 Å². The Morgan fingerprint density at radius 3 is 2.70 bits per heavy atom. The number of aliphatic carboxylic acids is 1. The van der Waals surface area contributed by atoms with Crippen LogP contribution in [0.3, 0.4) is 0 Å². The van der Waals surface area contributed by atoms with Crippen LogP contribution in [0.25, 0.3) is 6.08 Å². The fraction of sp³-hybridized carbons (Fsp3) is 0.500. The summed E-state index contributed by atoms with van der Waals surface area (Å²) in [5, 5.41) is 9.95. The molecule has 0 saturated carbocycles. The van der Waals surface area contributed by atoms with Gasteiger partial charge in [-0.1, -0.05) is 11.6 Å². The van der Waals surface area contributed by atoms with E-state index in [1.807, 2.05) is 11.0 Å². The largest absolute Gasteiger partial charge is 0.488 e. The van der Waals surface area contributed by atoms with Gasteiger partial charge >= 0.3 is 5.97 Å². The number of carboxylic acid groups (broad SMARTS) is 1. The number of nitrogens with zero attached hydrogens (tertiary/aromatic N) is 1. The van der Waals surface area contributed by atoms with Gasteiger partial charge in [0.15, 0.2) is 0 Å². The first-order valence-corrected chi connectivity index (χ1v) is 9.67. The summed E-state index contributed by atoms with van der Waals surface area (Å²) < 4.78 is 11.4. The number of carboxylic acids is 1. The van der Waals surface area contributed by atoms with Crippen LogP contribution in [0.5, 0.6) is 5.75 Å². The first kappa shape index (κ1) is 18.3. The Hall–Kier alpha value is -2.05. The highest BCUT2D eigenvalue weighted by molar-refractivity contribution is 6.30. The summed E-state index contributed by atoms with van der Waals surface area (Å²) in [7, 11) is 0. The van der Waals surface area contributed by atoms with Gasteiger partial charge in [-0.05, 0) is 49.5 Å². The topological polar surface area (TPSA) is 76.1 Å². The summed E-state index contributed by atoms with van der Waals surface area (Å²) in [5.41, 5.74) is 1.43. The van der Waals surface area contributed by atoms with Crippen molar-refractivity contribution in [2.45, 2.75) is 25.4 Å². The molecule has 1 aromatic rings. The molecule has 0 spiro atoms. The number of halogens is 1. The number of ether oxygens (including phenoxy) is 2. The van der Waals surface area contributed by atoms with E-state index in [1.165, 1.54) is 0 Å². The minimum atomic E-state index is -0.780. The Balaban J connectivity index is 1.40. The van der Waals surface area contributed by atoms with Gasteiger partial charge < -0.3 is 19.5 Å². The second-order valence-corrected chi connectivity index (χ2v) is 7.78. The molecule has 144 valence electrons. The third-order valence-electron chi connectivity index (χ3n) is 5.70. The number of rotatable bonds is 3. The zero-order chi connectivity index (χ0) is 19.0. The minimum absolute atomic E-state index is 0.0267. The van der Waals surface area contributed by atoms with E-state index < -0.39 is 11.9 Å². The maximum atomic E-state index is 12.9. The van der Waals surface area contributed by atoms with Gasteiger partial charge in [0.25, 0.3) is 5.91 Å². The van der Waals surface area contributed by atoms with Crippen LogP contribution in [0.1, 0.15) is 24.8 Å². The number of likely N-dealkylation sites (tertiary alicyclic amines) is 1. The van der Waals surface area contributed by atoms with Gasteiger partial charge in [0, 0.05) is 30.3 Å². The van der Waals surface area contributed by atoms with Gasteiger partial charge in [0.2, 0.25) is 0 Å². The second-order valence-electron chi connectivity index (χ2n) is 7.34. The number of carbonyl (C=O) groups excluding carboxylic acids is 1. The first-order valence-electron chi connectivity index (χ1n) is 9.29. The van der Waals surface area contributed by atoms with Crippen LogP contribution >= 0.6 is 11.6 Å². The highest BCUT2D eigenvalue weighted by Crippen LogP contribution is 2.34. The van der Waals surface area contributed by atoms with Crippen LogP contribution < -0.4 is 4.74 Å². The molecule has 0 bridgehead atoms. The molecular weight excluding hydrogens is 370 g/mol. The van der Waals surface area contributed by atoms with E-state index in [0.29, 0.717) is 36.7 Å². The van der Waals surface area contributed by atoms with Crippen LogP contribution in [0.2, 0.25) is 5.02 Å². The molecule has 3 heterocycles. The monoisotopic (exact) mass is 391 g/mol. The Kier molecular flexibility index (Phi) is 5.10. The molecule has 2 atom stereocenters. The molecule has 6 nitrogen and oxygen atoms in total. The van der Waals surface area contributed by atoms with Crippen molar-refractivity contribution in [2.75, 3.05) is 26.3 Å². The van der Waals surface area contributed by atoms with Gasteiger partial charge in [0.05, 0.1) is 17.6 Å². The molecule has 7 heteroatoms. The molecule has 1 amide bonds. The van der Waals surface area contributed by atoms with Gasteiger partial charge in [0.1, 0.15) is 12.4 Å². The molecular formula is C20H22ClNO5. The Morgan fingerprint density at radius 1 is 1.19 bits per heavy atom. The van der Waals surface area contributed by atoms with Crippen LogP contribution in [0.15, 0.2) is 23.8 Å². The number of hydrogen-bond donors (Lipinski definition) is 1. The molecule has 3 aliphatic rings. The van der Waals surface area contributed by atoms with Crippen molar-refractivity contribution in [2.24, 2.45) is 11.8 Å². The number of carbonyl (C=O) groups is 2. The number of piperidine rings is 1. The molecule has 0 radical (unpaired) electrons. The average Bonchev–Trinajstić information content (AvgIpc) is 3.17. The highest BCUT2D eigenvalue weighted by atomic mass is 35.5. The number of benzene rings is 1. The lowest BCUT2D eigenvalue weighted by Gasteiger charge is -2.36. The summed E-state index contributed by atoms with van der Waals surface area (Å²) in [6.07, 6.45) is 3.71. The molecule has 27 heavy (non-hydrogen) atoms. The molecule has 3 aliphatic heterocycles. The van der Waals surface area contributed by atoms with E-state index in [-0.39, 0.29) is 24.5 Å². The van der Waals surface area contributed by atoms with Crippen molar-refractivity contribution in [3.63, 3.8) is 0 Å². The minimum Gasteiger partial charge on any atom is -0.488 e. The Labute approximate surface area is 162 Å². The lowest BCUT2D eigenvalue weighted by atomic mass is 9.84. The second kappa shape index (κ2) is 7.52. The molecule has 0 aliphatic carbocycles. The van der Waals surface area contributed by atoms with E-state index in [4.69, 9.17) is 21.1 Å². The predicted molar refractivity (Wildman–Crippen MR) is 99.7 cm³/mol. The molecule has 4 rings (SSSR count). The summed E-state index contributed by atoms with van der Waals surface area (Å²) >= 11 is 6.03. The van der Waals surface area contributed by atoms with Crippen molar-refractivity contribution < 1.29 is 24.2 Å². The van der Waals surface area contributed by atoms with Gasteiger partial charge in [-0.2, -0.15) is 0 Å². The smallest absolute Gasteiger partial charge is 0.309 e. The summed E-state index contributed by atoms with van der Waals surface area (Å²) in [5.74, 6) is -0.312. The van der Waals surface area contributed by atoms with E-state index in [9.17, 15) is 14.7 Å². The van der Waals surface area contributed by atoms with Crippen LogP contribution in [0.4, 0.5) is 0 Å². The average molecular weight is 392 g/mol. The Morgan fingerprint density at radius 2 is 1.96 bits per heavy atom. The molecule has 1 aromatic carbocycles. The van der Waals surface area contributed by atoms with Crippen LogP contribution in [-0.4, -0.2) is 54.3 Å². The van der Waals surface area contributed by atoms with E-state index in [1.54, 1.807) is 18.2 Å². The van der Waals surface area contributed by atoms with Crippen LogP contribution in [0, 0.1) is 11.8 Å². The van der Waals surface area contributed by atoms with Crippen molar-refractivity contribution in [3.8, 4) is 5.75 Å². The third kappa shape index (κ3) is 3.69. The number of fused-ring (bicyclic) bond motifs is 1. The predicted octanol–water partition coefficient (Wildman–Crippen LogP) is 2.84. The van der Waals surface area contributed by atoms with Crippen molar-refractivity contribution in [3.05, 3.63) is 34.4 Å². The van der Waals surface area contributed by atoms with E-state index >= 15 is 0 Å². The van der Waals surface area contributed by atoms with E-state index in [0.717, 1.165) is 24.2 Å². The SMILES string of the molecule is O=C(O)C1CCO[C@H]1C1CCN(C(=O)C2=Cc3cc(Cl)ccc3OC2)CC1. The highest BCUT2D eigenvalue weighted by Gasteiger charge is 2.41. The lowest BCUT2D eigenvalue weighted by Crippen LogP contribution is -2.44. The van der Waals surface area contributed by atoms with Gasteiger partial charge in [-0.15, -0.1) is 0 Å². The third-order valence-corrected chi connectivity index (χ3v) is 5.94. The molecule has 0 aromatic heterocycles. The molecule has 2 fully saturated rings. The molecule has 1 unspecified atom stereocenters. The molecule has 2 saturated heterocycles. The molecule has 1 N–H and O–H groups in total. The fourth-order valence-electron chi connectivity index (χ4n) is 4.25. The normalized spacial score (nSPS) is 25.5. The van der Waals surface area contributed by atoms with Gasteiger partial charge in [-0.3, -0.25) is 9.59 Å². The fourth-order valence-corrected chi connectivity index (χ4v) is 4.43. The summed E-state index contributed by atoms with van der Waals surface area (Å²) in [6.45, 7) is 1.97. The summed E-state index contributed by atoms with van der Waals surface area (Å²) in [6, 6.07) is 5.36. The van der Waals surface area contributed by atoms with Crippen molar-refractivity contribution in [1.82, 2.24) is 4.90 Å². The van der Waals surface area contributed by atoms with Crippen molar-refractivity contribution >= 4 is 29.6 Å². The quantitative estimate of drug-likeness (QED) is 0.857. The summed E-state index contributed by atoms with van der Waals surface area (Å²) in [4.78, 5) is 26.1. The number of hydrogen-bond acceptors (Lipinski definition) is 4. The number of amides is 1. The lowest BCUT2D eigenvalue weighted by molar-refractivity contribution is -0.145. The Bertz CT molecular complexity index is 785. The zero-order valence-electron chi connectivity index (χ0n) is 14.9. The van der Waals surface area contributed by atoms with Crippen LogP contribution in [-0.2, 0) is 14.3 Å². The van der Waals surface area contributed by atoms with E-state index in [2.05, 4.69) is 0 Å². The first-order chi connectivity index (χ1) is 13.0.